The monoisotopic (exact) mass is 384 g/mol. The van der Waals surface area contributed by atoms with Gasteiger partial charge in [0.25, 0.3) is 0 Å². The molecule has 2 N–H and O–H groups in total. The number of hydrogen-bond donors (Lipinski definition) is 2. The molecular formula is C23H36N4O. The van der Waals surface area contributed by atoms with Crippen molar-refractivity contribution in [2.45, 2.75) is 83.5 Å². The van der Waals surface area contributed by atoms with E-state index in [2.05, 4.69) is 20.5 Å². The number of nitrogens with one attached hydrogen (secondary N) is 2. The van der Waals surface area contributed by atoms with Crippen LogP contribution in [0.2, 0.25) is 0 Å². The second-order valence-corrected chi connectivity index (χ2v) is 8.81. The summed E-state index contributed by atoms with van der Waals surface area (Å²) in [6, 6.07) is 0. The van der Waals surface area contributed by atoms with Gasteiger partial charge in [-0.1, -0.05) is 38.5 Å². The summed E-state index contributed by atoms with van der Waals surface area (Å²) in [5.74, 6) is 1.39. The molecule has 1 aromatic heterocycles. The van der Waals surface area contributed by atoms with Crippen LogP contribution >= 0.6 is 0 Å². The van der Waals surface area contributed by atoms with Gasteiger partial charge in [0.15, 0.2) is 0 Å². The van der Waals surface area contributed by atoms with Gasteiger partial charge in [-0.3, -0.25) is 4.79 Å². The normalized spacial score (nSPS) is 21.6. The molecule has 1 aliphatic carbocycles. The Hall–Kier alpha value is -1.78. The Kier molecular flexibility index (Phi) is 6.71. The first-order valence-corrected chi connectivity index (χ1v) is 11.6. The molecule has 2 aliphatic heterocycles. The van der Waals surface area contributed by atoms with Gasteiger partial charge in [0.2, 0.25) is 5.91 Å². The number of rotatable bonds is 3. The second-order valence-electron chi connectivity index (χ2n) is 8.81. The zero-order valence-electron chi connectivity index (χ0n) is 17.3. The Labute approximate surface area is 169 Å². The van der Waals surface area contributed by atoms with Gasteiger partial charge in [-0.05, 0) is 44.9 Å². The summed E-state index contributed by atoms with van der Waals surface area (Å²) in [6.07, 6.45) is 17.5. The smallest absolute Gasteiger partial charge is 0.227 e. The largest absolute Gasteiger partial charge is 0.370 e. The number of piperidine rings is 1. The minimum absolute atomic E-state index is 0.154. The summed E-state index contributed by atoms with van der Waals surface area (Å²) in [4.78, 5) is 20.3. The molecule has 1 aromatic rings. The average molecular weight is 385 g/mol. The highest BCUT2D eigenvalue weighted by atomic mass is 16.1. The molecule has 0 atom stereocenters. The van der Waals surface area contributed by atoms with E-state index in [0.717, 1.165) is 56.8 Å². The number of carbonyl (C=O) groups is 1. The van der Waals surface area contributed by atoms with Crippen molar-refractivity contribution >= 4 is 23.1 Å². The quantitative estimate of drug-likeness (QED) is 0.759. The minimum Gasteiger partial charge on any atom is -0.370 e. The molecule has 0 aromatic carbocycles. The SMILES string of the molecule is O=C(Nc1cnc2c(c1N1CCCCC1)CCCN2)C1CCCCCCCC1. The lowest BCUT2D eigenvalue weighted by atomic mass is 9.95. The third-order valence-electron chi connectivity index (χ3n) is 6.70. The first-order valence-electron chi connectivity index (χ1n) is 11.6. The highest BCUT2D eigenvalue weighted by molar-refractivity contribution is 5.97. The van der Waals surface area contributed by atoms with Gasteiger partial charge >= 0.3 is 0 Å². The van der Waals surface area contributed by atoms with E-state index in [-0.39, 0.29) is 11.8 Å². The third kappa shape index (κ3) is 4.61. The van der Waals surface area contributed by atoms with Crippen LogP contribution in [0.3, 0.4) is 0 Å². The topological polar surface area (TPSA) is 57.3 Å². The van der Waals surface area contributed by atoms with Crippen LogP contribution in [0.25, 0.3) is 0 Å². The van der Waals surface area contributed by atoms with E-state index < -0.39 is 0 Å². The third-order valence-corrected chi connectivity index (χ3v) is 6.70. The number of carbonyl (C=O) groups excluding carboxylic acids is 1. The van der Waals surface area contributed by atoms with E-state index in [4.69, 9.17) is 0 Å². The van der Waals surface area contributed by atoms with Crippen LogP contribution < -0.4 is 15.5 Å². The lowest BCUT2D eigenvalue weighted by Gasteiger charge is -2.34. The van der Waals surface area contributed by atoms with Crippen molar-refractivity contribution in [1.29, 1.82) is 0 Å². The highest BCUT2D eigenvalue weighted by Crippen LogP contribution is 2.38. The van der Waals surface area contributed by atoms with E-state index in [1.807, 2.05) is 6.20 Å². The van der Waals surface area contributed by atoms with Crippen molar-refractivity contribution < 1.29 is 4.79 Å². The fourth-order valence-corrected chi connectivity index (χ4v) is 5.10. The molecule has 0 bridgehead atoms. The molecule has 2 fully saturated rings. The molecule has 28 heavy (non-hydrogen) atoms. The maximum absolute atomic E-state index is 13.2. The molecule has 3 heterocycles. The highest BCUT2D eigenvalue weighted by Gasteiger charge is 2.26. The summed E-state index contributed by atoms with van der Waals surface area (Å²) in [5.41, 5.74) is 3.49. The number of fused-ring (bicyclic) bond motifs is 1. The van der Waals surface area contributed by atoms with Crippen LogP contribution in [-0.4, -0.2) is 30.5 Å². The van der Waals surface area contributed by atoms with Crippen molar-refractivity contribution in [1.82, 2.24) is 4.98 Å². The molecule has 5 nitrogen and oxygen atoms in total. The molecule has 4 rings (SSSR count). The first kappa shape index (κ1) is 19.5. The molecule has 3 aliphatic rings. The Balaban J connectivity index is 1.56. The standard InChI is InChI=1S/C23H36N4O/c28-23(18-11-6-3-1-2-4-7-12-18)26-20-17-25-22-19(13-10-14-24-22)21(20)27-15-8-5-9-16-27/h17-18H,1-16H2,(H,24,25)(H,26,28). The molecule has 1 saturated heterocycles. The predicted octanol–water partition coefficient (Wildman–Crippen LogP) is 5.12. The maximum atomic E-state index is 13.2. The van der Waals surface area contributed by atoms with Crippen molar-refractivity contribution in [2.75, 3.05) is 35.2 Å². The van der Waals surface area contributed by atoms with Gasteiger partial charge in [0, 0.05) is 31.1 Å². The molecular weight excluding hydrogens is 348 g/mol. The Morgan fingerprint density at radius 2 is 1.64 bits per heavy atom. The van der Waals surface area contributed by atoms with E-state index in [1.54, 1.807) is 0 Å². The fourth-order valence-electron chi connectivity index (χ4n) is 5.10. The molecule has 154 valence electrons. The summed E-state index contributed by atoms with van der Waals surface area (Å²) >= 11 is 0. The van der Waals surface area contributed by atoms with Gasteiger partial charge in [-0.25, -0.2) is 4.98 Å². The first-order chi connectivity index (χ1) is 13.8. The molecule has 5 heteroatoms. The maximum Gasteiger partial charge on any atom is 0.227 e. The lowest BCUT2D eigenvalue weighted by Crippen LogP contribution is -2.33. The summed E-state index contributed by atoms with van der Waals surface area (Å²) < 4.78 is 0. The van der Waals surface area contributed by atoms with Gasteiger partial charge in [0.1, 0.15) is 5.82 Å². The van der Waals surface area contributed by atoms with Gasteiger partial charge in [-0.15, -0.1) is 0 Å². The summed E-state index contributed by atoms with van der Waals surface area (Å²) in [6.45, 7) is 3.17. The molecule has 1 saturated carbocycles. The summed E-state index contributed by atoms with van der Waals surface area (Å²) in [5, 5.41) is 6.78. The van der Waals surface area contributed by atoms with Gasteiger partial charge in [0.05, 0.1) is 17.6 Å². The zero-order chi connectivity index (χ0) is 19.2. The van der Waals surface area contributed by atoms with Crippen LogP contribution in [0.5, 0.6) is 0 Å². The molecule has 0 spiro atoms. The van der Waals surface area contributed by atoms with E-state index in [9.17, 15) is 4.79 Å². The van der Waals surface area contributed by atoms with E-state index >= 15 is 0 Å². The number of aromatic nitrogens is 1. The predicted molar refractivity (Wildman–Crippen MR) is 116 cm³/mol. The molecule has 0 unspecified atom stereocenters. The average Bonchev–Trinajstić information content (AvgIpc) is 2.88. The summed E-state index contributed by atoms with van der Waals surface area (Å²) in [7, 11) is 0. The van der Waals surface area contributed by atoms with Crippen molar-refractivity contribution in [2.24, 2.45) is 5.92 Å². The van der Waals surface area contributed by atoms with Gasteiger partial charge in [-0.2, -0.15) is 0 Å². The number of hydrogen-bond acceptors (Lipinski definition) is 4. The Morgan fingerprint density at radius 1 is 0.964 bits per heavy atom. The van der Waals surface area contributed by atoms with Crippen LogP contribution in [-0.2, 0) is 11.2 Å². The van der Waals surface area contributed by atoms with Gasteiger partial charge < -0.3 is 15.5 Å². The van der Waals surface area contributed by atoms with E-state index in [1.165, 1.54) is 69.0 Å². The van der Waals surface area contributed by atoms with Crippen LogP contribution in [0.15, 0.2) is 6.20 Å². The second kappa shape index (κ2) is 9.62. The number of anilines is 3. The zero-order valence-corrected chi connectivity index (χ0v) is 17.3. The molecule has 1 amide bonds. The van der Waals surface area contributed by atoms with Crippen LogP contribution in [0.1, 0.15) is 82.6 Å². The Morgan fingerprint density at radius 3 is 2.39 bits per heavy atom. The lowest BCUT2D eigenvalue weighted by molar-refractivity contribution is -0.120. The van der Waals surface area contributed by atoms with Crippen molar-refractivity contribution in [3.05, 3.63) is 11.8 Å². The van der Waals surface area contributed by atoms with Crippen LogP contribution in [0, 0.1) is 5.92 Å². The number of pyridine rings is 1. The number of nitrogens with zero attached hydrogens (tertiary/aromatic N) is 2. The minimum atomic E-state index is 0.154. The fraction of sp³-hybridized carbons (Fsp3) is 0.739. The number of amides is 1. The van der Waals surface area contributed by atoms with Crippen LogP contribution in [0.4, 0.5) is 17.2 Å². The Bertz CT molecular complexity index is 659. The molecule has 0 radical (unpaired) electrons. The van der Waals surface area contributed by atoms with Crippen molar-refractivity contribution in [3.63, 3.8) is 0 Å². The van der Waals surface area contributed by atoms with E-state index in [0.29, 0.717) is 0 Å². The van der Waals surface area contributed by atoms with Crippen molar-refractivity contribution in [3.8, 4) is 0 Å².